The van der Waals surface area contributed by atoms with Crippen molar-refractivity contribution in [3.8, 4) is 17.6 Å². The van der Waals surface area contributed by atoms with E-state index < -0.39 is 0 Å². The highest BCUT2D eigenvalue weighted by atomic mass is 16.5. The van der Waals surface area contributed by atoms with E-state index in [0.717, 1.165) is 30.8 Å². The molecule has 0 saturated carbocycles. The minimum atomic E-state index is 0.565. The Labute approximate surface area is 139 Å². The van der Waals surface area contributed by atoms with Gasteiger partial charge >= 0.3 is 0 Å². The molecule has 0 fully saturated rings. The Kier molecular flexibility index (Phi) is 7.13. The Hall–Kier alpha value is -2.34. The van der Waals surface area contributed by atoms with Crippen LogP contribution in [0.15, 0.2) is 36.7 Å². The molecule has 0 N–H and O–H groups in total. The fourth-order valence-corrected chi connectivity index (χ4v) is 2.11. The maximum atomic E-state index is 5.55. The first-order valence-corrected chi connectivity index (χ1v) is 8.37. The predicted octanol–water partition coefficient (Wildman–Crippen LogP) is 4.40. The summed E-state index contributed by atoms with van der Waals surface area (Å²) in [5.41, 5.74) is 2.12. The maximum absolute atomic E-state index is 5.55. The summed E-state index contributed by atoms with van der Waals surface area (Å²) in [5, 5.41) is 0. The van der Waals surface area contributed by atoms with Gasteiger partial charge in [-0.05, 0) is 55.0 Å². The van der Waals surface area contributed by atoms with E-state index in [1.807, 2.05) is 36.7 Å². The van der Waals surface area contributed by atoms with Crippen molar-refractivity contribution in [1.82, 2.24) is 9.97 Å². The standard InChI is InChI=1S/C20H24N2O/c1-3-5-6-7-18-15-21-20(22-16-18)13-10-17-8-11-19(12-9-17)23-14-4-2/h8-9,11-12,15-16H,3-7,14H2,1-2H3. The second kappa shape index (κ2) is 9.63. The minimum absolute atomic E-state index is 0.565. The molecule has 0 atom stereocenters. The highest BCUT2D eigenvalue weighted by molar-refractivity contribution is 5.40. The zero-order valence-corrected chi connectivity index (χ0v) is 14.0. The van der Waals surface area contributed by atoms with E-state index in [1.54, 1.807) is 0 Å². The number of rotatable bonds is 7. The van der Waals surface area contributed by atoms with Gasteiger partial charge in [-0.2, -0.15) is 0 Å². The van der Waals surface area contributed by atoms with E-state index in [1.165, 1.54) is 24.8 Å². The zero-order valence-electron chi connectivity index (χ0n) is 14.0. The van der Waals surface area contributed by atoms with Crippen LogP contribution in [-0.2, 0) is 6.42 Å². The molecule has 0 aliphatic carbocycles. The first-order chi connectivity index (χ1) is 11.3. The van der Waals surface area contributed by atoms with Gasteiger partial charge in [0.05, 0.1) is 6.61 Å². The molecule has 1 aromatic heterocycles. The van der Waals surface area contributed by atoms with Crippen molar-refractivity contribution in [2.45, 2.75) is 46.0 Å². The van der Waals surface area contributed by atoms with Crippen LogP contribution in [0.5, 0.6) is 5.75 Å². The van der Waals surface area contributed by atoms with E-state index >= 15 is 0 Å². The highest BCUT2D eigenvalue weighted by Gasteiger charge is 1.96. The largest absolute Gasteiger partial charge is 0.494 e. The van der Waals surface area contributed by atoms with Crippen LogP contribution in [0, 0.1) is 11.8 Å². The molecule has 1 aromatic carbocycles. The number of aryl methyl sites for hydroxylation is 1. The average molecular weight is 308 g/mol. The number of aromatic nitrogens is 2. The normalized spacial score (nSPS) is 10.0. The smallest absolute Gasteiger partial charge is 0.205 e. The monoisotopic (exact) mass is 308 g/mol. The molecule has 2 rings (SSSR count). The Morgan fingerprint density at radius 1 is 0.913 bits per heavy atom. The lowest BCUT2D eigenvalue weighted by Gasteiger charge is -2.03. The molecule has 0 amide bonds. The number of benzene rings is 1. The van der Waals surface area contributed by atoms with Gasteiger partial charge in [-0.15, -0.1) is 0 Å². The van der Waals surface area contributed by atoms with Crippen LogP contribution in [0.25, 0.3) is 0 Å². The lowest BCUT2D eigenvalue weighted by molar-refractivity contribution is 0.317. The van der Waals surface area contributed by atoms with E-state index in [2.05, 4.69) is 35.7 Å². The fourth-order valence-electron chi connectivity index (χ4n) is 2.11. The van der Waals surface area contributed by atoms with Crippen LogP contribution in [0.3, 0.4) is 0 Å². The molecular weight excluding hydrogens is 284 g/mol. The van der Waals surface area contributed by atoms with Gasteiger partial charge in [-0.3, -0.25) is 0 Å². The van der Waals surface area contributed by atoms with Crippen molar-refractivity contribution in [3.63, 3.8) is 0 Å². The molecule has 0 spiro atoms. The summed E-state index contributed by atoms with van der Waals surface area (Å²) in [6, 6.07) is 7.79. The summed E-state index contributed by atoms with van der Waals surface area (Å²) >= 11 is 0. The average Bonchev–Trinajstić information content (AvgIpc) is 2.60. The number of hydrogen-bond acceptors (Lipinski definition) is 3. The molecule has 0 aliphatic rings. The van der Waals surface area contributed by atoms with Gasteiger partial charge < -0.3 is 4.74 Å². The summed E-state index contributed by atoms with van der Waals surface area (Å²) in [4.78, 5) is 8.64. The molecule has 2 aromatic rings. The topological polar surface area (TPSA) is 35.0 Å². The second-order valence-electron chi connectivity index (χ2n) is 5.49. The molecular formula is C20H24N2O. The Morgan fingerprint density at radius 2 is 1.65 bits per heavy atom. The molecule has 1 heterocycles. The van der Waals surface area contributed by atoms with E-state index in [9.17, 15) is 0 Å². The summed E-state index contributed by atoms with van der Waals surface area (Å²) in [6.45, 7) is 5.04. The third kappa shape index (κ3) is 6.12. The van der Waals surface area contributed by atoms with E-state index in [4.69, 9.17) is 4.74 Å². The van der Waals surface area contributed by atoms with Gasteiger partial charge in [0.1, 0.15) is 5.75 Å². The van der Waals surface area contributed by atoms with Crippen molar-refractivity contribution in [2.24, 2.45) is 0 Å². The van der Waals surface area contributed by atoms with Gasteiger partial charge in [-0.1, -0.05) is 32.6 Å². The summed E-state index contributed by atoms with van der Waals surface area (Å²) in [7, 11) is 0. The van der Waals surface area contributed by atoms with Crippen molar-refractivity contribution < 1.29 is 4.74 Å². The van der Waals surface area contributed by atoms with Crippen LogP contribution in [-0.4, -0.2) is 16.6 Å². The SMILES string of the molecule is CCCCCc1cnc(C#Cc2ccc(OCCC)cc2)nc1. The first-order valence-electron chi connectivity index (χ1n) is 8.37. The van der Waals surface area contributed by atoms with E-state index in [0.29, 0.717) is 5.82 Å². The first kappa shape index (κ1) is 17.0. The van der Waals surface area contributed by atoms with Crippen molar-refractivity contribution >= 4 is 0 Å². The van der Waals surface area contributed by atoms with Gasteiger partial charge in [0.2, 0.25) is 5.82 Å². The fraction of sp³-hybridized carbons (Fsp3) is 0.400. The Balaban J connectivity index is 1.93. The molecule has 120 valence electrons. The number of unbranched alkanes of at least 4 members (excludes halogenated alkanes) is 2. The molecule has 3 nitrogen and oxygen atoms in total. The molecule has 0 bridgehead atoms. The number of nitrogens with zero attached hydrogens (tertiary/aromatic N) is 2. The quantitative estimate of drug-likeness (QED) is 0.562. The predicted molar refractivity (Wildman–Crippen MR) is 93.5 cm³/mol. The Morgan fingerprint density at radius 3 is 2.30 bits per heavy atom. The van der Waals surface area contributed by atoms with Crippen molar-refractivity contribution in [2.75, 3.05) is 6.61 Å². The molecule has 3 heteroatoms. The lowest BCUT2D eigenvalue weighted by Crippen LogP contribution is -1.94. The van der Waals surface area contributed by atoms with Crippen LogP contribution >= 0.6 is 0 Å². The van der Waals surface area contributed by atoms with Crippen LogP contribution in [0.4, 0.5) is 0 Å². The molecule has 0 unspecified atom stereocenters. The van der Waals surface area contributed by atoms with Gasteiger partial charge in [0.25, 0.3) is 0 Å². The lowest BCUT2D eigenvalue weighted by atomic mass is 10.1. The molecule has 23 heavy (non-hydrogen) atoms. The summed E-state index contributed by atoms with van der Waals surface area (Å²) in [5.74, 6) is 7.54. The Bertz CT molecular complexity index is 636. The third-order valence-electron chi connectivity index (χ3n) is 3.42. The van der Waals surface area contributed by atoms with Crippen molar-refractivity contribution in [1.29, 1.82) is 0 Å². The van der Waals surface area contributed by atoms with Gasteiger partial charge in [-0.25, -0.2) is 9.97 Å². The summed E-state index contributed by atoms with van der Waals surface area (Å²) < 4.78 is 5.55. The van der Waals surface area contributed by atoms with Gasteiger partial charge in [0.15, 0.2) is 0 Å². The molecule has 0 aliphatic heterocycles. The zero-order chi connectivity index (χ0) is 16.3. The summed E-state index contributed by atoms with van der Waals surface area (Å²) in [6.07, 6.45) is 9.49. The van der Waals surface area contributed by atoms with Crippen LogP contribution in [0.1, 0.15) is 56.5 Å². The maximum Gasteiger partial charge on any atom is 0.205 e. The third-order valence-corrected chi connectivity index (χ3v) is 3.42. The highest BCUT2D eigenvalue weighted by Crippen LogP contribution is 2.11. The van der Waals surface area contributed by atoms with Gasteiger partial charge in [0, 0.05) is 18.0 Å². The van der Waals surface area contributed by atoms with Crippen LogP contribution < -0.4 is 4.74 Å². The second-order valence-corrected chi connectivity index (χ2v) is 5.49. The minimum Gasteiger partial charge on any atom is -0.494 e. The number of ether oxygens (including phenoxy) is 1. The molecule has 0 radical (unpaired) electrons. The van der Waals surface area contributed by atoms with Crippen molar-refractivity contribution in [3.05, 3.63) is 53.6 Å². The van der Waals surface area contributed by atoms with E-state index in [-0.39, 0.29) is 0 Å². The van der Waals surface area contributed by atoms with Crippen LogP contribution in [0.2, 0.25) is 0 Å². The number of hydrogen-bond donors (Lipinski definition) is 0. The molecule has 0 saturated heterocycles.